The second-order valence-electron chi connectivity index (χ2n) is 6.84. The molecule has 0 unspecified atom stereocenters. The lowest BCUT2D eigenvalue weighted by molar-refractivity contribution is -0.120. The van der Waals surface area contributed by atoms with Crippen LogP contribution < -0.4 is 10.1 Å². The van der Waals surface area contributed by atoms with Gasteiger partial charge in [-0.15, -0.1) is 0 Å². The first kappa shape index (κ1) is 22.5. The first-order valence-electron chi connectivity index (χ1n) is 9.40. The van der Waals surface area contributed by atoms with E-state index in [1.807, 2.05) is 0 Å². The first-order chi connectivity index (χ1) is 14.2. The van der Waals surface area contributed by atoms with Crippen LogP contribution in [0.1, 0.15) is 19.8 Å². The fraction of sp³-hybridized carbons (Fsp3) is 0.350. The maximum atomic E-state index is 13.8. The second-order valence-corrected chi connectivity index (χ2v) is 9.19. The van der Waals surface area contributed by atoms with E-state index in [1.165, 1.54) is 22.5 Å². The molecule has 0 spiro atoms. The van der Waals surface area contributed by atoms with Gasteiger partial charge in [-0.1, -0.05) is 11.6 Å². The van der Waals surface area contributed by atoms with Gasteiger partial charge in [0.05, 0.1) is 28.1 Å². The van der Waals surface area contributed by atoms with Gasteiger partial charge in [0.25, 0.3) is 0 Å². The molecule has 1 heterocycles. The number of hydrogen-bond acceptors (Lipinski definition) is 4. The normalized spacial score (nSPS) is 17.5. The van der Waals surface area contributed by atoms with Gasteiger partial charge in [0.2, 0.25) is 15.9 Å². The van der Waals surface area contributed by atoms with Gasteiger partial charge in [0.15, 0.2) is 0 Å². The van der Waals surface area contributed by atoms with Gasteiger partial charge < -0.3 is 10.1 Å². The van der Waals surface area contributed by atoms with E-state index in [2.05, 4.69) is 5.32 Å². The van der Waals surface area contributed by atoms with E-state index in [0.717, 1.165) is 18.2 Å². The van der Waals surface area contributed by atoms with Crippen LogP contribution in [0.4, 0.5) is 14.5 Å². The molecule has 10 heteroatoms. The Kier molecular flexibility index (Phi) is 6.95. The molecule has 2 aromatic rings. The average Bonchev–Trinajstić information content (AvgIpc) is 2.72. The van der Waals surface area contributed by atoms with Crippen LogP contribution in [0, 0.1) is 17.6 Å². The Balaban J connectivity index is 1.75. The number of amides is 1. The van der Waals surface area contributed by atoms with Gasteiger partial charge in [0, 0.05) is 19.2 Å². The number of ether oxygens (including phenoxy) is 1. The quantitative estimate of drug-likeness (QED) is 0.708. The van der Waals surface area contributed by atoms with Crippen molar-refractivity contribution in [3.63, 3.8) is 0 Å². The van der Waals surface area contributed by atoms with E-state index in [4.69, 9.17) is 16.3 Å². The molecule has 2 aromatic carbocycles. The standard InChI is InChI=1S/C20H21ClF2N2O4S/c1-2-29-19-8-6-15(11-16(19)21)30(27,28)25-9-3-4-13(12-25)20(26)24-18-10-14(22)5-7-17(18)23/h5-8,10-11,13H,2-4,9,12H2,1H3,(H,24,26)/t13-/m1/s1. The number of halogens is 3. The number of hydrogen-bond donors (Lipinski definition) is 1. The molecule has 6 nitrogen and oxygen atoms in total. The largest absolute Gasteiger partial charge is 0.492 e. The van der Waals surface area contributed by atoms with Gasteiger partial charge in [0.1, 0.15) is 17.4 Å². The molecule has 0 aliphatic carbocycles. The minimum Gasteiger partial charge on any atom is -0.492 e. The SMILES string of the molecule is CCOc1ccc(S(=O)(=O)N2CCC[C@@H](C(=O)Nc3cc(F)ccc3F)C2)cc1Cl. The van der Waals surface area contributed by atoms with Crippen LogP contribution in [0.3, 0.4) is 0 Å². The van der Waals surface area contributed by atoms with Crippen molar-refractivity contribution in [3.8, 4) is 5.75 Å². The molecule has 0 saturated carbocycles. The molecule has 1 fully saturated rings. The number of piperidine rings is 1. The summed E-state index contributed by atoms with van der Waals surface area (Å²) in [5, 5.41) is 2.52. The van der Waals surface area contributed by atoms with Gasteiger partial charge in [-0.25, -0.2) is 17.2 Å². The smallest absolute Gasteiger partial charge is 0.243 e. The van der Waals surface area contributed by atoms with Crippen LogP contribution in [0.25, 0.3) is 0 Å². The van der Waals surface area contributed by atoms with Gasteiger partial charge >= 0.3 is 0 Å². The number of rotatable bonds is 6. The third-order valence-electron chi connectivity index (χ3n) is 4.78. The van der Waals surface area contributed by atoms with E-state index >= 15 is 0 Å². The fourth-order valence-corrected chi connectivity index (χ4v) is 5.12. The zero-order valence-electron chi connectivity index (χ0n) is 16.2. The number of carbonyl (C=O) groups excluding carboxylic acids is 1. The summed E-state index contributed by atoms with van der Waals surface area (Å²) in [5.41, 5.74) is -0.279. The summed E-state index contributed by atoms with van der Waals surface area (Å²) in [4.78, 5) is 12.5. The maximum Gasteiger partial charge on any atom is 0.243 e. The van der Waals surface area contributed by atoms with Crippen LogP contribution in [0.15, 0.2) is 41.3 Å². The van der Waals surface area contributed by atoms with Crippen molar-refractivity contribution in [2.24, 2.45) is 5.92 Å². The zero-order chi connectivity index (χ0) is 21.9. The lowest BCUT2D eigenvalue weighted by Crippen LogP contribution is -2.43. The number of sulfonamides is 1. The van der Waals surface area contributed by atoms with Crippen molar-refractivity contribution in [3.05, 3.63) is 53.1 Å². The lowest BCUT2D eigenvalue weighted by atomic mass is 9.98. The predicted molar refractivity (Wildman–Crippen MR) is 109 cm³/mol. The molecule has 162 valence electrons. The van der Waals surface area contributed by atoms with Gasteiger partial charge in [-0.3, -0.25) is 4.79 Å². The van der Waals surface area contributed by atoms with Gasteiger partial charge in [-0.05, 0) is 50.1 Å². The summed E-state index contributed by atoms with van der Waals surface area (Å²) >= 11 is 6.11. The summed E-state index contributed by atoms with van der Waals surface area (Å²) in [7, 11) is -3.89. The third kappa shape index (κ3) is 4.91. The number of benzene rings is 2. The van der Waals surface area contributed by atoms with E-state index in [1.54, 1.807) is 6.92 Å². The van der Waals surface area contributed by atoms with Crippen LogP contribution in [-0.4, -0.2) is 38.3 Å². The maximum absolute atomic E-state index is 13.8. The summed E-state index contributed by atoms with van der Waals surface area (Å²) < 4.78 is 59.7. The Bertz CT molecular complexity index is 1050. The highest BCUT2D eigenvalue weighted by molar-refractivity contribution is 7.89. The van der Waals surface area contributed by atoms with Crippen LogP contribution in [0.5, 0.6) is 5.75 Å². The highest BCUT2D eigenvalue weighted by atomic mass is 35.5. The molecule has 0 aromatic heterocycles. The lowest BCUT2D eigenvalue weighted by Gasteiger charge is -2.31. The van der Waals surface area contributed by atoms with E-state index in [0.29, 0.717) is 25.2 Å². The van der Waals surface area contributed by atoms with Crippen molar-refractivity contribution in [1.29, 1.82) is 0 Å². The molecule has 3 rings (SSSR count). The van der Waals surface area contributed by atoms with E-state index in [9.17, 15) is 22.0 Å². The minimum atomic E-state index is -3.89. The van der Waals surface area contributed by atoms with Crippen molar-refractivity contribution in [2.75, 3.05) is 25.0 Å². The van der Waals surface area contributed by atoms with Crippen LogP contribution >= 0.6 is 11.6 Å². The van der Waals surface area contributed by atoms with Crippen molar-refractivity contribution in [1.82, 2.24) is 4.31 Å². The Morgan fingerprint density at radius 2 is 2.03 bits per heavy atom. The van der Waals surface area contributed by atoms with Crippen molar-refractivity contribution >= 4 is 33.2 Å². The van der Waals surface area contributed by atoms with E-state index in [-0.39, 0.29) is 28.7 Å². The van der Waals surface area contributed by atoms with E-state index < -0.39 is 33.5 Å². The summed E-state index contributed by atoms with van der Waals surface area (Å²) in [6.07, 6.45) is 0.881. The third-order valence-corrected chi connectivity index (χ3v) is 6.94. The summed E-state index contributed by atoms with van der Waals surface area (Å²) in [6, 6.07) is 6.94. The number of carbonyl (C=O) groups is 1. The molecule has 1 saturated heterocycles. The van der Waals surface area contributed by atoms with Gasteiger partial charge in [-0.2, -0.15) is 4.31 Å². The minimum absolute atomic E-state index is 0.00631. The molecule has 1 amide bonds. The number of nitrogens with zero attached hydrogens (tertiary/aromatic N) is 1. The van der Waals surface area contributed by atoms with Crippen molar-refractivity contribution in [2.45, 2.75) is 24.7 Å². The molecule has 1 aliphatic heterocycles. The van der Waals surface area contributed by atoms with Crippen LogP contribution in [0.2, 0.25) is 5.02 Å². The molecular weight excluding hydrogens is 438 g/mol. The monoisotopic (exact) mass is 458 g/mol. The van der Waals surface area contributed by atoms with Crippen LogP contribution in [-0.2, 0) is 14.8 Å². The molecule has 30 heavy (non-hydrogen) atoms. The Morgan fingerprint density at radius 3 is 2.73 bits per heavy atom. The Morgan fingerprint density at radius 1 is 1.27 bits per heavy atom. The Hall–Kier alpha value is -2.23. The molecule has 1 aliphatic rings. The topological polar surface area (TPSA) is 75.7 Å². The highest BCUT2D eigenvalue weighted by Gasteiger charge is 2.34. The number of anilines is 1. The fourth-order valence-electron chi connectivity index (χ4n) is 3.27. The molecular formula is C20H21ClF2N2O4S. The second kappa shape index (κ2) is 9.28. The first-order valence-corrected chi connectivity index (χ1v) is 11.2. The summed E-state index contributed by atoms with van der Waals surface area (Å²) in [6.45, 7) is 2.34. The molecule has 0 radical (unpaired) electrons. The zero-order valence-corrected chi connectivity index (χ0v) is 17.8. The number of nitrogens with one attached hydrogen (secondary N) is 1. The molecule has 1 atom stereocenters. The predicted octanol–water partition coefficient (Wildman–Crippen LogP) is 4.06. The Labute approximate surface area is 178 Å². The molecule has 1 N–H and O–H groups in total. The average molecular weight is 459 g/mol. The highest BCUT2D eigenvalue weighted by Crippen LogP contribution is 2.31. The van der Waals surface area contributed by atoms with Crippen molar-refractivity contribution < 1.29 is 26.7 Å². The summed E-state index contributed by atoms with van der Waals surface area (Å²) in [5.74, 6) is -2.34. The molecule has 0 bridgehead atoms.